The quantitative estimate of drug-likeness (QED) is 0.637. The molecule has 0 radical (unpaired) electrons. The maximum atomic E-state index is 6.14. The lowest BCUT2D eigenvalue weighted by Gasteiger charge is -2.28. The zero-order valence-corrected chi connectivity index (χ0v) is 14.6. The molecule has 0 atom stereocenters. The Hall–Kier alpha value is -3.27. The van der Waals surface area contributed by atoms with Crippen molar-refractivity contribution < 1.29 is 9.47 Å². The van der Waals surface area contributed by atoms with E-state index < -0.39 is 0 Å². The number of hydrogen-bond acceptors (Lipinski definition) is 4. The van der Waals surface area contributed by atoms with Crippen molar-refractivity contribution in [3.8, 4) is 17.2 Å². The fraction of sp³-hybridized carbons (Fsp3) is 0.136. The Morgan fingerprint density at radius 2 is 1.73 bits per heavy atom. The second-order valence-corrected chi connectivity index (χ2v) is 6.07. The van der Waals surface area contributed by atoms with Gasteiger partial charge in [0, 0.05) is 24.4 Å². The first-order valence-corrected chi connectivity index (χ1v) is 8.60. The number of rotatable bonds is 5. The molecule has 0 N–H and O–H groups in total. The molecular weight excluding hydrogens is 324 g/mol. The van der Waals surface area contributed by atoms with E-state index in [9.17, 15) is 0 Å². The topological polar surface area (TPSA) is 34.1 Å². The summed E-state index contributed by atoms with van der Waals surface area (Å²) < 4.78 is 11.4. The van der Waals surface area contributed by atoms with Crippen LogP contribution in [0.25, 0.3) is 0 Å². The van der Waals surface area contributed by atoms with Crippen LogP contribution in [0.1, 0.15) is 5.56 Å². The van der Waals surface area contributed by atoms with Gasteiger partial charge in [-0.25, -0.2) is 0 Å². The summed E-state index contributed by atoms with van der Waals surface area (Å²) in [5, 5.41) is 0. The lowest BCUT2D eigenvalue weighted by molar-refractivity contribution is 0.408. The molecule has 0 aliphatic carbocycles. The molecule has 0 amide bonds. The number of anilines is 1. The molecule has 1 aliphatic heterocycles. The summed E-state index contributed by atoms with van der Waals surface area (Å²) >= 11 is 0. The van der Waals surface area contributed by atoms with Gasteiger partial charge < -0.3 is 14.4 Å². The second-order valence-electron chi connectivity index (χ2n) is 6.07. The maximum absolute atomic E-state index is 6.14. The zero-order chi connectivity index (χ0) is 17.8. The number of aliphatic imine (C=N–C) groups is 1. The number of ether oxygens (including phenoxy) is 2. The van der Waals surface area contributed by atoms with Crippen LogP contribution in [-0.4, -0.2) is 19.9 Å². The molecule has 4 rings (SSSR count). The number of hydrogen-bond donors (Lipinski definition) is 0. The van der Waals surface area contributed by atoms with Gasteiger partial charge in [0.1, 0.15) is 17.2 Å². The van der Waals surface area contributed by atoms with Gasteiger partial charge in [-0.2, -0.15) is 0 Å². The van der Waals surface area contributed by atoms with Crippen molar-refractivity contribution in [2.45, 2.75) is 6.54 Å². The van der Waals surface area contributed by atoms with Crippen LogP contribution in [-0.2, 0) is 6.54 Å². The summed E-state index contributed by atoms with van der Waals surface area (Å²) in [5.41, 5.74) is 3.27. The number of fused-ring (bicyclic) bond motifs is 1. The SMILES string of the molecule is COc1cccc(Oc2ccccc2CN2CC=Nc3ccccc32)c1. The summed E-state index contributed by atoms with van der Waals surface area (Å²) in [6.07, 6.45) is 1.95. The van der Waals surface area contributed by atoms with Gasteiger partial charge in [0.2, 0.25) is 0 Å². The first-order valence-electron chi connectivity index (χ1n) is 8.60. The van der Waals surface area contributed by atoms with E-state index in [1.54, 1.807) is 7.11 Å². The van der Waals surface area contributed by atoms with Crippen LogP contribution in [0.2, 0.25) is 0 Å². The van der Waals surface area contributed by atoms with E-state index in [0.29, 0.717) is 0 Å². The smallest absolute Gasteiger partial charge is 0.132 e. The molecule has 0 bridgehead atoms. The Morgan fingerprint density at radius 3 is 2.65 bits per heavy atom. The number of para-hydroxylation sites is 3. The minimum absolute atomic E-state index is 0.753. The molecular formula is C22H20N2O2. The van der Waals surface area contributed by atoms with Gasteiger partial charge in [0.05, 0.1) is 25.0 Å². The normalized spacial score (nSPS) is 12.6. The van der Waals surface area contributed by atoms with Crippen LogP contribution in [0.15, 0.2) is 77.8 Å². The number of nitrogens with zero attached hydrogens (tertiary/aromatic N) is 2. The monoisotopic (exact) mass is 344 g/mol. The van der Waals surface area contributed by atoms with Crippen LogP contribution in [0.5, 0.6) is 17.2 Å². The number of benzene rings is 3. The third-order valence-corrected chi connectivity index (χ3v) is 4.36. The largest absolute Gasteiger partial charge is 0.497 e. The van der Waals surface area contributed by atoms with E-state index in [1.807, 2.05) is 66.9 Å². The highest BCUT2D eigenvalue weighted by molar-refractivity contribution is 5.81. The highest BCUT2D eigenvalue weighted by Gasteiger charge is 2.16. The average Bonchev–Trinajstić information content (AvgIpc) is 2.70. The number of methoxy groups -OCH3 is 1. The molecule has 3 aromatic carbocycles. The molecule has 0 saturated carbocycles. The summed E-state index contributed by atoms with van der Waals surface area (Å²) in [6, 6.07) is 24.0. The van der Waals surface area contributed by atoms with Crippen LogP contribution >= 0.6 is 0 Å². The predicted octanol–water partition coefficient (Wildman–Crippen LogP) is 5.21. The average molecular weight is 344 g/mol. The molecule has 1 heterocycles. The molecule has 3 aromatic rings. The van der Waals surface area contributed by atoms with E-state index >= 15 is 0 Å². The summed E-state index contributed by atoms with van der Waals surface area (Å²) in [7, 11) is 1.66. The third kappa shape index (κ3) is 3.40. The molecule has 0 unspecified atom stereocenters. The van der Waals surface area contributed by atoms with Crippen molar-refractivity contribution in [2.75, 3.05) is 18.6 Å². The second kappa shape index (κ2) is 7.31. The standard InChI is InChI=1S/C22H20N2O2/c1-25-18-8-6-9-19(15-18)26-22-12-5-2-7-17(22)16-24-14-13-23-20-10-3-4-11-21(20)24/h2-13,15H,14,16H2,1H3. The van der Waals surface area contributed by atoms with E-state index in [-0.39, 0.29) is 0 Å². The maximum Gasteiger partial charge on any atom is 0.132 e. The highest BCUT2D eigenvalue weighted by atomic mass is 16.5. The van der Waals surface area contributed by atoms with E-state index in [0.717, 1.165) is 47.3 Å². The van der Waals surface area contributed by atoms with Crippen molar-refractivity contribution in [1.29, 1.82) is 0 Å². The first kappa shape index (κ1) is 16.2. The fourth-order valence-electron chi connectivity index (χ4n) is 3.06. The van der Waals surface area contributed by atoms with Gasteiger partial charge in [0.25, 0.3) is 0 Å². The van der Waals surface area contributed by atoms with Gasteiger partial charge in [0.15, 0.2) is 0 Å². The molecule has 4 heteroatoms. The van der Waals surface area contributed by atoms with Gasteiger partial charge in [-0.3, -0.25) is 4.99 Å². The van der Waals surface area contributed by atoms with Gasteiger partial charge >= 0.3 is 0 Å². The first-order chi connectivity index (χ1) is 12.8. The molecule has 130 valence electrons. The van der Waals surface area contributed by atoms with Crippen LogP contribution in [0.4, 0.5) is 11.4 Å². The van der Waals surface area contributed by atoms with Crippen LogP contribution < -0.4 is 14.4 Å². The zero-order valence-electron chi connectivity index (χ0n) is 14.6. The van der Waals surface area contributed by atoms with Crippen molar-refractivity contribution in [3.63, 3.8) is 0 Å². The molecule has 0 spiro atoms. The molecule has 4 nitrogen and oxygen atoms in total. The van der Waals surface area contributed by atoms with Gasteiger partial charge in [-0.1, -0.05) is 36.4 Å². The molecule has 0 aromatic heterocycles. The lowest BCUT2D eigenvalue weighted by atomic mass is 10.1. The summed E-state index contributed by atoms with van der Waals surface area (Å²) in [4.78, 5) is 6.78. The van der Waals surface area contributed by atoms with Crippen molar-refractivity contribution in [3.05, 3.63) is 78.4 Å². The Kier molecular flexibility index (Phi) is 4.56. The lowest BCUT2D eigenvalue weighted by Crippen LogP contribution is -2.26. The highest BCUT2D eigenvalue weighted by Crippen LogP contribution is 2.34. The summed E-state index contributed by atoms with van der Waals surface area (Å²) in [6.45, 7) is 1.54. The van der Waals surface area contributed by atoms with E-state index in [2.05, 4.69) is 22.0 Å². The predicted molar refractivity (Wildman–Crippen MR) is 105 cm³/mol. The minimum atomic E-state index is 0.753. The fourth-order valence-corrected chi connectivity index (χ4v) is 3.06. The molecule has 0 fully saturated rings. The van der Waals surface area contributed by atoms with Crippen LogP contribution in [0, 0.1) is 0 Å². The summed E-state index contributed by atoms with van der Waals surface area (Å²) in [5.74, 6) is 2.39. The van der Waals surface area contributed by atoms with Crippen molar-refractivity contribution in [1.82, 2.24) is 0 Å². The van der Waals surface area contributed by atoms with Crippen molar-refractivity contribution >= 4 is 17.6 Å². The minimum Gasteiger partial charge on any atom is -0.497 e. The van der Waals surface area contributed by atoms with Gasteiger partial charge in [-0.05, 0) is 30.3 Å². The molecule has 26 heavy (non-hydrogen) atoms. The Bertz CT molecular complexity index is 937. The molecule has 1 aliphatic rings. The van der Waals surface area contributed by atoms with Gasteiger partial charge in [-0.15, -0.1) is 0 Å². The van der Waals surface area contributed by atoms with E-state index in [4.69, 9.17) is 9.47 Å². The van der Waals surface area contributed by atoms with E-state index in [1.165, 1.54) is 0 Å². The van der Waals surface area contributed by atoms with Crippen LogP contribution in [0.3, 0.4) is 0 Å². The Morgan fingerprint density at radius 1 is 0.923 bits per heavy atom. The third-order valence-electron chi connectivity index (χ3n) is 4.36. The Balaban J connectivity index is 1.59. The molecule has 0 saturated heterocycles. The Labute approximate surface area is 153 Å². The van der Waals surface area contributed by atoms with Crippen molar-refractivity contribution in [2.24, 2.45) is 4.99 Å².